The molecule has 128 valence electrons. The van der Waals surface area contributed by atoms with E-state index in [-0.39, 0.29) is 24.3 Å². The molecule has 2 aliphatic heterocycles. The third kappa shape index (κ3) is 2.55. The van der Waals surface area contributed by atoms with Gasteiger partial charge in [-0.25, -0.2) is 13.5 Å². The van der Waals surface area contributed by atoms with Gasteiger partial charge in [-0.3, -0.25) is 4.90 Å². The van der Waals surface area contributed by atoms with E-state index in [4.69, 9.17) is 9.47 Å². The van der Waals surface area contributed by atoms with Crippen molar-refractivity contribution in [3.05, 3.63) is 41.2 Å². The Morgan fingerprint density at radius 1 is 1.38 bits per heavy atom. The van der Waals surface area contributed by atoms with Crippen molar-refractivity contribution in [1.82, 2.24) is 19.9 Å². The van der Waals surface area contributed by atoms with Crippen LogP contribution in [0.4, 0.5) is 8.78 Å². The minimum absolute atomic E-state index is 0.0348. The van der Waals surface area contributed by atoms with Crippen LogP contribution in [-0.4, -0.2) is 46.2 Å². The van der Waals surface area contributed by atoms with Crippen LogP contribution in [0.1, 0.15) is 23.7 Å². The van der Waals surface area contributed by atoms with Crippen LogP contribution in [-0.2, 0) is 17.9 Å². The molecule has 1 fully saturated rings. The van der Waals surface area contributed by atoms with Crippen LogP contribution in [0.3, 0.4) is 0 Å². The van der Waals surface area contributed by atoms with E-state index >= 15 is 0 Å². The lowest BCUT2D eigenvalue weighted by Gasteiger charge is -2.41. The van der Waals surface area contributed by atoms with Gasteiger partial charge in [-0.15, -0.1) is 5.10 Å². The number of fused-ring (bicyclic) bond motifs is 3. The van der Waals surface area contributed by atoms with E-state index in [2.05, 4.69) is 15.2 Å². The lowest BCUT2D eigenvalue weighted by molar-refractivity contribution is -0.0671. The summed E-state index contributed by atoms with van der Waals surface area (Å²) in [5.41, 5.74) is 1.18. The van der Waals surface area contributed by atoms with Crippen LogP contribution in [0.2, 0.25) is 0 Å². The number of hydrogen-bond acceptors (Lipinski definition) is 5. The number of benzene rings is 1. The summed E-state index contributed by atoms with van der Waals surface area (Å²) in [5.74, 6) is -1.35. The minimum Gasteiger partial charge on any atom is -0.496 e. The summed E-state index contributed by atoms with van der Waals surface area (Å²) >= 11 is 0. The van der Waals surface area contributed by atoms with Crippen LogP contribution in [0.5, 0.6) is 5.75 Å². The first-order chi connectivity index (χ1) is 11.7. The zero-order chi connectivity index (χ0) is 16.7. The molecule has 2 atom stereocenters. The van der Waals surface area contributed by atoms with Gasteiger partial charge in [0, 0.05) is 25.2 Å². The maximum Gasteiger partial charge on any atom is 0.167 e. The van der Waals surface area contributed by atoms with Gasteiger partial charge in [0.25, 0.3) is 0 Å². The number of hydrogen-bond donors (Lipinski definition) is 0. The third-order valence-electron chi connectivity index (χ3n) is 4.77. The Labute approximate surface area is 138 Å². The number of nitrogens with zero attached hydrogens (tertiary/aromatic N) is 4. The second-order valence-electron chi connectivity index (χ2n) is 6.15. The number of piperidine rings is 1. The molecule has 0 bridgehead atoms. The van der Waals surface area contributed by atoms with E-state index in [1.165, 1.54) is 13.2 Å². The van der Waals surface area contributed by atoms with Crippen LogP contribution >= 0.6 is 0 Å². The fraction of sp³-hybridized carbons (Fsp3) is 0.500. The van der Waals surface area contributed by atoms with Crippen LogP contribution < -0.4 is 4.74 Å². The van der Waals surface area contributed by atoms with E-state index in [0.29, 0.717) is 18.9 Å². The van der Waals surface area contributed by atoms with Crippen molar-refractivity contribution in [3.63, 3.8) is 0 Å². The number of ether oxygens (including phenoxy) is 2. The molecule has 3 heterocycles. The van der Waals surface area contributed by atoms with Gasteiger partial charge in [-0.1, -0.05) is 5.21 Å². The van der Waals surface area contributed by atoms with Crippen molar-refractivity contribution in [2.45, 2.75) is 31.7 Å². The normalized spacial score (nSPS) is 23.6. The fourth-order valence-corrected chi connectivity index (χ4v) is 3.53. The summed E-state index contributed by atoms with van der Waals surface area (Å²) < 4.78 is 40.7. The summed E-state index contributed by atoms with van der Waals surface area (Å²) in [7, 11) is 1.46. The second-order valence-corrected chi connectivity index (χ2v) is 6.15. The molecule has 8 heteroatoms. The smallest absolute Gasteiger partial charge is 0.167 e. The Balaban J connectivity index is 1.57. The van der Waals surface area contributed by atoms with Crippen LogP contribution in [0.15, 0.2) is 18.3 Å². The molecule has 0 saturated carbocycles. The van der Waals surface area contributed by atoms with Crippen molar-refractivity contribution < 1.29 is 18.3 Å². The number of aromatic nitrogens is 3. The molecule has 0 N–H and O–H groups in total. The highest BCUT2D eigenvalue weighted by molar-refractivity contribution is 5.35. The summed E-state index contributed by atoms with van der Waals surface area (Å²) in [6.07, 6.45) is 2.59. The average Bonchev–Trinajstić information content (AvgIpc) is 3.08. The Morgan fingerprint density at radius 3 is 3.08 bits per heavy atom. The van der Waals surface area contributed by atoms with Gasteiger partial charge in [0.05, 0.1) is 37.8 Å². The quantitative estimate of drug-likeness (QED) is 0.857. The summed E-state index contributed by atoms with van der Waals surface area (Å²) in [6, 6.07) is 2.58. The molecule has 1 aromatic heterocycles. The SMILES string of the molecule is COc1ccc(F)c(F)c1CN1CCC2OCc3cnnn3C2C1. The minimum atomic E-state index is -0.861. The molecule has 0 radical (unpaired) electrons. The van der Waals surface area contributed by atoms with Gasteiger partial charge in [0.1, 0.15) is 5.75 Å². The predicted octanol–water partition coefficient (Wildman–Crippen LogP) is 1.91. The van der Waals surface area contributed by atoms with E-state index in [1.54, 1.807) is 6.20 Å². The number of rotatable bonds is 3. The van der Waals surface area contributed by atoms with Crippen molar-refractivity contribution in [1.29, 1.82) is 0 Å². The molecule has 0 amide bonds. The van der Waals surface area contributed by atoms with Crippen LogP contribution in [0.25, 0.3) is 0 Å². The highest BCUT2D eigenvalue weighted by Gasteiger charge is 2.36. The van der Waals surface area contributed by atoms with Crippen molar-refractivity contribution in [3.8, 4) is 5.75 Å². The lowest BCUT2D eigenvalue weighted by Crippen LogP contribution is -2.47. The Morgan fingerprint density at radius 2 is 2.25 bits per heavy atom. The topological polar surface area (TPSA) is 52.4 Å². The monoisotopic (exact) mass is 336 g/mol. The summed E-state index contributed by atoms with van der Waals surface area (Å²) in [4.78, 5) is 2.07. The fourth-order valence-electron chi connectivity index (χ4n) is 3.53. The van der Waals surface area contributed by atoms with Crippen LogP contribution in [0, 0.1) is 11.6 Å². The van der Waals surface area contributed by atoms with Gasteiger partial charge in [0.15, 0.2) is 11.6 Å². The molecule has 2 unspecified atom stereocenters. The standard InChI is InChI=1S/C16H18F2N4O2/c1-23-14-3-2-12(17)16(18)11(14)7-21-5-4-15-13(8-21)22-10(9-24-15)6-19-20-22/h2-3,6,13,15H,4-5,7-9H2,1H3. The molecule has 2 aliphatic rings. The second kappa shape index (κ2) is 6.10. The molecule has 1 aromatic carbocycles. The average molecular weight is 336 g/mol. The molecule has 24 heavy (non-hydrogen) atoms. The largest absolute Gasteiger partial charge is 0.496 e. The molecule has 2 aromatic rings. The van der Waals surface area contributed by atoms with Crippen molar-refractivity contribution in [2.24, 2.45) is 0 Å². The van der Waals surface area contributed by atoms with Gasteiger partial charge in [-0.05, 0) is 18.6 Å². The molecule has 0 spiro atoms. The first-order valence-electron chi connectivity index (χ1n) is 7.91. The van der Waals surface area contributed by atoms with E-state index < -0.39 is 11.6 Å². The maximum absolute atomic E-state index is 14.2. The first-order valence-corrected chi connectivity index (χ1v) is 7.91. The molecular formula is C16H18F2N4O2. The molecule has 1 saturated heterocycles. The Kier molecular flexibility index (Phi) is 3.93. The Hall–Kier alpha value is -2.06. The predicted molar refractivity (Wildman–Crippen MR) is 80.4 cm³/mol. The van der Waals surface area contributed by atoms with Gasteiger partial charge < -0.3 is 9.47 Å². The summed E-state index contributed by atoms with van der Waals surface area (Å²) in [5, 5.41) is 8.09. The number of methoxy groups -OCH3 is 1. The zero-order valence-corrected chi connectivity index (χ0v) is 13.3. The van der Waals surface area contributed by atoms with E-state index in [1.807, 2.05) is 4.68 Å². The highest BCUT2D eigenvalue weighted by atomic mass is 19.2. The number of halogens is 2. The van der Waals surface area contributed by atoms with E-state index in [0.717, 1.165) is 24.7 Å². The van der Waals surface area contributed by atoms with Gasteiger partial charge in [0.2, 0.25) is 0 Å². The Bertz CT molecular complexity index is 752. The number of likely N-dealkylation sites (tertiary alicyclic amines) is 1. The molecule has 0 aliphatic carbocycles. The zero-order valence-electron chi connectivity index (χ0n) is 13.3. The third-order valence-corrected chi connectivity index (χ3v) is 4.77. The van der Waals surface area contributed by atoms with Gasteiger partial charge in [-0.2, -0.15) is 0 Å². The first kappa shape index (κ1) is 15.5. The molecule has 6 nitrogen and oxygen atoms in total. The lowest BCUT2D eigenvalue weighted by atomic mass is 9.99. The van der Waals surface area contributed by atoms with Gasteiger partial charge >= 0.3 is 0 Å². The molecular weight excluding hydrogens is 318 g/mol. The van der Waals surface area contributed by atoms with E-state index in [9.17, 15) is 8.78 Å². The van der Waals surface area contributed by atoms with Crippen molar-refractivity contribution in [2.75, 3.05) is 20.2 Å². The van der Waals surface area contributed by atoms with Crippen molar-refractivity contribution >= 4 is 0 Å². The maximum atomic E-state index is 14.2. The molecule has 4 rings (SSSR count). The highest BCUT2D eigenvalue weighted by Crippen LogP contribution is 2.32. The summed E-state index contributed by atoms with van der Waals surface area (Å²) in [6.45, 7) is 2.17.